The first-order valence-electron chi connectivity index (χ1n) is 11.1. The Hall–Kier alpha value is -3.23. The maximum absolute atomic E-state index is 13.0. The van der Waals surface area contributed by atoms with E-state index < -0.39 is 28.0 Å². The van der Waals surface area contributed by atoms with E-state index in [0.717, 1.165) is 11.1 Å². The van der Waals surface area contributed by atoms with Gasteiger partial charge in [0.2, 0.25) is 5.91 Å². The fraction of sp³-hybridized carbons (Fsp3) is 0.0370. The molecule has 40 heavy (non-hydrogen) atoms. The summed E-state index contributed by atoms with van der Waals surface area (Å²) < 4.78 is 0. The van der Waals surface area contributed by atoms with Crippen LogP contribution in [0, 0.1) is 11.3 Å². The number of thiophene rings is 1. The number of aromatic carboxylic acids is 1. The molecule has 7 nitrogen and oxygen atoms in total. The maximum atomic E-state index is 13.0. The maximum Gasteiger partial charge on any atom is 0.338 e. The van der Waals surface area contributed by atoms with Crippen LogP contribution in [0.15, 0.2) is 64.9 Å². The van der Waals surface area contributed by atoms with Crippen molar-refractivity contribution in [1.29, 1.82) is 5.26 Å². The molecule has 3 N–H and O–H groups in total. The summed E-state index contributed by atoms with van der Waals surface area (Å²) in [6.07, 6.45) is 0. The van der Waals surface area contributed by atoms with E-state index in [-0.39, 0.29) is 26.7 Å². The number of carbonyl (C=O) groups excluding carboxylic acids is 2. The first-order chi connectivity index (χ1) is 19.1. The monoisotopic (exact) mass is 649 g/mol. The van der Waals surface area contributed by atoms with E-state index in [1.165, 1.54) is 23.1 Å². The molecule has 0 saturated heterocycles. The highest BCUT2D eigenvalue weighted by molar-refractivity contribution is 8.00. The lowest BCUT2D eigenvalue weighted by molar-refractivity contribution is -0.113. The number of anilines is 2. The number of carboxylic acids is 1. The largest absolute Gasteiger partial charge is 0.478 e. The van der Waals surface area contributed by atoms with Gasteiger partial charge in [0.25, 0.3) is 5.91 Å². The lowest BCUT2D eigenvalue weighted by Gasteiger charge is -2.14. The number of carboxylic acid groups (broad SMARTS) is 1. The third-order valence-corrected chi connectivity index (χ3v) is 9.10. The standard InChI is InChI=1S/C27H15Cl4N3O4S2/c28-21-19(20(27(37)38)22(29)24(31)23(21)30)25(36)33-14-7-4-8-15(9-14)39-12-18(35)34-26-16(10-32)17(11-40-26)13-5-2-1-3-6-13/h1-9,11H,12H2,(H,33,36)(H,34,35)(H,37,38). The average molecular weight is 651 g/mol. The van der Waals surface area contributed by atoms with Crippen LogP contribution >= 0.6 is 69.5 Å². The van der Waals surface area contributed by atoms with E-state index in [2.05, 4.69) is 16.7 Å². The number of benzene rings is 3. The summed E-state index contributed by atoms with van der Waals surface area (Å²) in [6, 6.07) is 18.1. The third-order valence-electron chi connectivity index (χ3n) is 5.41. The summed E-state index contributed by atoms with van der Waals surface area (Å²) in [7, 11) is 0. The number of nitriles is 1. The molecular formula is C27H15Cl4N3O4S2. The molecule has 13 heteroatoms. The Morgan fingerprint density at radius 2 is 1.57 bits per heavy atom. The van der Waals surface area contributed by atoms with Crippen molar-refractivity contribution in [3.05, 3.63) is 96.8 Å². The van der Waals surface area contributed by atoms with Crippen LogP contribution in [-0.2, 0) is 4.79 Å². The molecule has 0 saturated carbocycles. The number of thioether (sulfide) groups is 1. The van der Waals surface area contributed by atoms with Gasteiger partial charge in [0, 0.05) is 21.5 Å². The van der Waals surface area contributed by atoms with Gasteiger partial charge in [-0.3, -0.25) is 9.59 Å². The smallest absolute Gasteiger partial charge is 0.338 e. The Labute approximate surface area is 256 Å². The van der Waals surface area contributed by atoms with Crippen LogP contribution in [0.4, 0.5) is 10.7 Å². The summed E-state index contributed by atoms with van der Waals surface area (Å²) in [4.78, 5) is 38.1. The molecule has 0 aliphatic heterocycles. The molecule has 0 aliphatic rings. The summed E-state index contributed by atoms with van der Waals surface area (Å²) in [5.41, 5.74) is 1.30. The molecule has 202 valence electrons. The van der Waals surface area contributed by atoms with Crippen molar-refractivity contribution in [1.82, 2.24) is 0 Å². The van der Waals surface area contributed by atoms with Crippen molar-refractivity contribution >= 4 is 98.0 Å². The normalized spacial score (nSPS) is 10.6. The average Bonchev–Trinajstić information content (AvgIpc) is 3.35. The Bertz CT molecular complexity index is 1690. The van der Waals surface area contributed by atoms with Gasteiger partial charge in [-0.2, -0.15) is 5.26 Å². The summed E-state index contributed by atoms with van der Waals surface area (Å²) in [5.74, 6) is -2.66. The number of halogens is 4. The number of carbonyl (C=O) groups is 3. The minimum Gasteiger partial charge on any atom is -0.478 e. The number of nitrogens with one attached hydrogen (secondary N) is 2. The van der Waals surface area contributed by atoms with Gasteiger partial charge < -0.3 is 15.7 Å². The van der Waals surface area contributed by atoms with E-state index in [4.69, 9.17) is 46.4 Å². The van der Waals surface area contributed by atoms with Gasteiger partial charge in [-0.05, 0) is 23.8 Å². The van der Waals surface area contributed by atoms with E-state index in [0.29, 0.717) is 21.1 Å². The zero-order chi connectivity index (χ0) is 29.0. The molecule has 0 bridgehead atoms. The van der Waals surface area contributed by atoms with Crippen LogP contribution in [0.25, 0.3) is 11.1 Å². The molecular weight excluding hydrogens is 636 g/mol. The lowest BCUT2D eigenvalue weighted by atomic mass is 10.1. The van der Waals surface area contributed by atoms with Crippen LogP contribution in [0.3, 0.4) is 0 Å². The number of rotatable bonds is 8. The molecule has 4 rings (SSSR count). The molecule has 0 fully saturated rings. The second-order valence-electron chi connectivity index (χ2n) is 7.96. The van der Waals surface area contributed by atoms with Gasteiger partial charge in [-0.1, -0.05) is 82.8 Å². The first-order valence-corrected chi connectivity index (χ1v) is 14.5. The predicted molar refractivity (Wildman–Crippen MR) is 162 cm³/mol. The minimum atomic E-state index is -1.51. The molecule has 0 radical (unpaired) electrons. The molecule has 1 aromatic heterocycles. The molecule has 2 amide bonds. The Morgan fingerprint density at radius 1 is 0.900 bits per heavy atom. The number of nitrogens with zero attached hydrogens (tertiary/aromatic N) is 1. The van der Waals surface area contributed by atoms with Gasteiger partial charge in [0.05, 0.1) is 42.5 Å². The second kappa shape index (κ2) is 13.0. The number of hydrogen-bond acceptors (Lipinski definition) is 6. The van der Waals surface area contributed by atoms with Crippen molar-refractivity contribution in [3.8, 4) is 17.2 Å². The van der Waals surface area contributed by atoms with Gasteiger partial charge in [0.15, 0.2) is 0 Å². The zero-order valence-electron chi connectivity index (χ0n) is 19.9. The van der Waals surface area contributed by atoms with Crippen molar-refractivity contribution in [2.75, 3.05) is 16.4 Å². The molecule has 0 spiro atoms. The van der Waals surface area contributed by atoms with Crippen molar-refractivity contribution < 1.29 is 19.5 Å². The van der Waals surface area contributed by atoms with Crippen LogP contribution < -0.4 is 10.6 Å². The van der Waals surface area contributed by atoms with Crippen molar-refractivity contribution in [2.24, 2.45) is 0 Å². The molecule has 1 heterocycles. The molecule has 0 atom stereocenters. The Balaban J connectivity index is 1.45. The van der Waals surface area contributed by atoms with E-state index >= 15 is 0 Å². The minimum absolute atomic E-state index is 0.0260. The Kier molecular flexibility index (Phi) is 9.64. The van der Waals surface area contributed by atoms with Crippen LogP contribution in [0.2, 0.25) is 20.1 Å². The lowest BCUT2D eigenvalue weighted by Crippen LogP contribution is -2.18. The van der Waals surface area contributed by atoms with Gasteiger partial charge >= 0.3 is 5.97 Å². The third kappa shape index (κ3) is 6.39. The quantitative estimate of drug-likeness (QED) is 0.0998. The highest BCUT2D eigenvalue weighted by atomic mass is 35.5. The van der Waals surface area contributed by atoms with E-state index in [1.807, 2.05) is 35.7 Å². The molecule has 0 aliphatic carbocycles. The highest BCUT2D eigenvalue weighted by Crippen LogP contribution is 2.42. The van der Waals surface area contributed by atoms with Crippen LogP contribution in [0.1, 0.15) is 26.3 Å². The van der Waals surface area contributed by atoms with Crippen molar-refractivity contribution in [2.45, 2.75) is 4.90 Å². The van der Waals surface area contributed by atoms with Crippen LogP contribution in [-0.4, -0.2) is 28.6 Å². The SMILES string of the molecule is N#Cc1c(-c2ccccc2)csc1NC(=O)CSc1cccc(NC(=O)c2c(Cl)c(Cl)c(Cl)c(Cl)c2C(=O)O)c1. The van der Waals surface area contributed by atoms with Gasteiger partial charge in [0.1, 0.15) is 11.1 Å². The molecule has 3 aromatic carbocycles. The van der Waals surface area contributed by atoms with Gasteiger partial charge in [-0.15, -0.1) is 23.1 Å². The fourth-order valence-electron chi connectivity index (χ4n) is 3.61. The van der Waals surface area contributed by atoms with Gasteiger partial charge in [-0.25, -0.2) is 4.79 Å². The zero-order valence-corrected chi connectivity index (χ0v) is 24.6. The predicted octanol–water partition coefficient (Wildman–Crippen LogP) is 8.58. The number of amides is 2. The van der Waals surface area contributed by atoms with Crippen LogP contribution in [0.5, 0.6) is 0 Å². The first kappa shape index (κ1) is 29.7. The summed E-state index contributed by atoms with van der Waals surface area (Å²) >= 11 is 26.6. The topological polar surface area (TPSA) is 119 Å². The number of hydrogen-bond donors (Lipinski definition) is 3. The molecule has 4 aromatic rings. The molecule has 0 unspecified atom stereocenters. The van der Waals surface area contributed by atoms with E-state index in [9.17, 15) is 24.8 Å². The second-order valence-corrected chi connectivity index (χ2v) is 11.4. The fourth-order valence-corrected chi connectivity index (χ4v) is 6.32. The summed E-state index contributed by atoms with van der Waals surface area (Å²) in [6.45, 7) is 0. The van der Waals surface area contributed by atoms with Crippen molar-refractivity contribution in [3.63, 3.8) is 0 Å². The summed E-state index contributed by atoms with van der Waals surface area (Å²) in [5, 5.41) is 25.6. The van der Waals surface area contributed by atoms with E-state index in [1.54, 1.807) is 24.3 Å². The highest BCUT2D eigenvalue weighted by Gasteiger charge is 2.29. The Morgan fingerprint density at radius 3 is 2.23 bits per heavy atom.